The van der Waals surface area contributed by atoms with Gasteiger partial charge in [-0.2, -0.15) is 0 Å². The molecule has 35 heavy (non-hydrogen) atoms. The molecule has 4 rings (SSSR count). The molecule has 0 spiro atoms. The summed E-state index contributed by atoms with van der Waals surface area (Å²) in [4.78, 5) is 39.0. The Morgan fingerprint density at radius 1 is 1.09 bits per heavy atom. The number of fused-ring (bicyclic) bond motifs is 3. The first-order valence-electron chi connectivity index (χ1n) is 12.5. The van der Waals surface area contributed by atoms with E-state index >= 15 is 0 Å². The number of nitrogens with one attached hydrogen (secondary N) is 1. The fourth-order valence-electron chi connectivity index (χ4n) is 5.42. The first-order valence-corrected chi connectivity index (χ1v) is 12.5. The number of hydrogen-bond acceptors (Lipinski definition) is 4. The second-order valence-electron chi connectivity index (χ2n) is 9.66. The summed E-state index contributed by atoms with van der Waals surface area (Å²) in [5.41, 5.74) is 3.77. The highest BCUT2D eigenvalue weighted by Gasteiger charge is 2.44. The minimum Gasteiger partial charge on any atom is -0.481 e. The van der Waals surface area contributed by atoms with Gasteiger partial charge in [-0.1, -0.05) is 68.8 Å². The van der Waals surface area contributed by atoms with Gasteiger partial charge >= 0.3 is 12.1 Å². The van der Waals surface area contributed by atoms with Crippen molar-refractivity contribution in [2.24, 2.45) is 5.41 Å². The van der Waals surface area contributed by atoms with Crippen molar-refractivity contribution in [1.29, 1.82) is 0 Å². The van der Waals surface area contributed by atoms with Crippen molar-refractivity contribution in [3.05, 3.63) is 59.7 Å². The van der Waals surface area contributed by atoms with Crippen LogP contribution in [0.1, 0.15) is 63.0 Å². The maximum Gasteiger partial charge on any atom is 0.407 e. The molecule has 186 valence electrons. The van der Waals surface area contributed by atoms with Gasteiger partial charge in [0.05, 0.1) is 5.41 Å². The number of benzene rings is 2. The van der Waals surface area contributed by atoms with Gasteiger partial charge in [0.15, 0.2) is 0 Å². The van der Waals surface area contributed by atoms with Crippen LogP contribution in [0.5, 0.6) is 0 Å². The third-order valence-corrected chi connectivity index (χ3v) is 7.56. The molecule has 1 saturated heterocycles. The maximum atomic E-state index is 12.9. The number of ether oxygens (including phenoxy) is 1. The minimum absolute atomic E-state index is 0.0257. The average molecular weight is 479 g/mol. The van der Waals surface area contributed by atoms with Gasteiger partial charge < -0.3 is 20.1 Å². The van der Waals surface area contributed by atoms with E-state index in [9.17, 15) is 19.5 Å². The van der Waals surface area contributed by atoms with Crippen molar-refractivity contribution >= 4 is 18.0 Å². The normalized spacial score (nSPS) is 19.7. The lowest BCUT2D eigenvalue weighted by Crippen LogP contribution is -2.42. The van der Waals surface area contributed by atoms with Gasteiger partial charge in [-0.15, -0.1) is 0 Å². The molecule has 0 bridgehead atoms. The van der Waals surface area contributed by atoms with Crippen molar-refractivity contribution in [3.8, 4) is 11.1 Å². The molecule has 0 saturated carbocycles. The van der Waals surface area contributed by atoms with Crippen LogP contribution in [0.3, 0.4) is 0 Å². The fraction of sp³-hybridized carbons (Fsp3) is 0.464. The third-order valence-electron chi connectivity index (χ3n) is 7.56. The lowest BCUT2D eigenvalue weighted by Gasteiger charge is -2.25. The second kappa shape index (κ2) is 10.5. The Hall–Kier alpha value is -3.35. The van der Waals surface area contributed by atoms with E-state index in [1.54, 1.807) is 4.90 Å². The summed E-state index contributed by atoms with van der Waals surface area (Å²) in [6.07, 6.45) is 1.99. The highest BCUT2D eigenvalue weighted by atomic mass is 16.5. The molecule has 1 aliphatic carbocycles. The molecular weight excluding hydrogens is 444 g/mol. The van der Waals surface area contributed by atoms with Gasteiger partial charge in [-0.3, -0.25) is 9.59 Å². The van der Waals surface area contributed by atoms with Crippen molar-refractivity contribution in [2.75, 3.05) is 19.7 Å². The number of carbonyl (C=O) groups excluding carboxylic acids is 2. The zero-order valence-electron chi connectivity index (χ0n) is 20.5. The SMILES string of the molecule is CCC[C@H](CC(=O)N1CCC(CC)(C(=O)O)C1)NC(=O)OCC1c2ccccc2-c2ccccc21. The van der Waals surface area contributed by atoms with Gasteiger partial charge in [0, 0.05) is 31.5 Å². The predicted octanol–water partition coefficient (Wildman–Crippen LogP) is 4.80. The van der Waals surface area contributed by atoms with Crippen LogP contribution in [-0.2, 0) is 14.3 Å². The van der Waals surface area contributed by atoms with E-state index in [0.717, 1.165) is 17.5 Å². The quantitative estimate of drug-likeness (QED) is 0.540. The number of nitrogens with zero attached hydrogens (tertiary/aromatic N) is 1. The monoisotopic (exact) mass is 478 g/mol. The summed E-state index contributed by atoms with van der Waals surface area (Å²) < 4.78 is 5.65. The average Bonchev–Trinajstić information content (AvgIpc) is 3.44. The first-order chi connectivity index (χ1) is 16.9. The molecule has 2 aromatic carbocycles. The van der Waals surface area contributed by atoms with Crippen LogP contribution >= 0.6 is 0 Å². The number of carbonyl (C=O) groups is 3. The highest BCUT2D eigenvalue weighted by molar-refractivity contribution is 5.82. The first kappa shape index (κ1) is 24.8. The van der Waals surface area contributed by atoms with Gasteiger partial charge in [-0.05, 0) is 41.5 Å². The molecule has 2 aliphatic rings. The zero-order chi connectivity index (χ0) is 25.0. The molecule has 0 aromatic heterocycles. The minimum atomic E-state index is -0.865. The van der Waals surface area contributed by atoms with Crippen molar-refractivity contribution in [1.82, 2.24) is 10.2 Å². The molecule has 7 nitrogen and oxygen atoms in total. The number of aliphatic carboxylic acids is 1. The number of amides is 2. The Balaban J connectivity index is 1.35. The van der Waals surface area contributed by atoms with Crippen LogP contribution in [0.4, 0.5) is 4.79 Å². The Labute approximate surface area is 206 Å². The summed E-state index contributed by atoms with van der Waals surface area (Å²) in [6.45, 7) is 4.72. The molecule has 2 atom stereocenters. The van der Waals surface area contributed by atoms with Crippen LogP contribution < -0.4 is 5.32 Å². The molecule has 0 radical (unpaired) electrons. The Bertz CT molecular complexity index is 1050. The molecule has 1 aliphatic heterocycles. The molecule has 1 unspecified atom stereocenters. The van der Waals surface area contributed by atoms with Crippen LogP contribution in [0.25, 0.3) is 11.1 Å². The molecule has 2 N–H and O–H groups in total. The van der Waals surface area contributed by atoms with E-state index in [-0.39, 0.29) is 37.4 Å². The Kier molecular flexibility index (Phi) is 7.43. The lowest BCUT2D eigenvalue weighted by atomic mass is 9.84. The van der Waals surface area contributed by atoms with Crippen molar-refractivity contribution in [3.63, 3.8) is 0 Å². The topological polar surface area (TPSA) is 95.9 Å². The molecule has 2 aromatic rings. The number of rotatable bonds is 9. The Morgan fingerprint density at radius 2 is 1.71 bits per heavy atom. The summed E-state index contributed by atoms with van der Waals surface area (Å²) in [5, 5.41) is 12.5. The van der Waals surface area contributed by atoms with Crippen molar-refractivity contribution < 1.29 is 24.2 Å². The fourth-order valence-corrected chi connectivity index (χ4v) is 5.42. The number of alkyl carbamates (subject to hydrolysis) is 1. The molecule has 7 heteroatoms. The number of carboxylic acid groups (broad SMARTS) is 1. The number of hydrogen-bond donors (Lipinski definition) is 2. The predicted molar refractivity (Wildman–Crippen MR) is 133 cm³/mol. The summed E-state index contributed by atoms with van der Waals surface area (Å²) in [5.74, 6) is -1.00. The van der Waals surface area contributed by atoms with E-state index in [0.29, 0.717) is 25.8 Å². The van der Waals surface area contributed by atoms with Crippen LogP contribution in [0.2, 0.25) is 0 Å². The number of likely N-dealkylation sites (tertiary alicyclic amines) is 1. The zero-order valence-corrected chi connectivity index (χ0v) is 20.5. The highest BCUT2D eigenvalue weighted by Crippen LogP contribution is 2.44. The largest absolute Gasteiger partial charge is 0.481 e. The van der Waals surface area contributed by atoms with E-state index < -0.39 is 17.5 Å². The summed E-state index contributed by atoms with van der Waals surface area (Å²) in [7, 11) is 0. The summed E-state index contributed by atoms with van der Waals surface area (Å²) in [6, 6.07) is 16.0. The van der Waals surface area contributed by atoms with Crippen molar-refractivity contribution in [2.45, 2.75) is 57.9 Å². The maximum absolute atomic E-state index is 12.9. The lowest BCUT2D eigenvalue weighted by molar-refractivity contribution is -0.148. The van der Waals surface area contributed by atoms with Gasteiger partial charge in [0.1, 0.15) is 6.61 Å². The second-order valence-corrected chi connectivity index (χ2v) is 9.66. The van der Waals surface area contributed by atoms with Gasteiger partial charge in [0.25, 0.3) is 0 Å². The smallest absolute Gasteiger partial charge is 0.407 e. The van der Waals surface area contributed by atoms with Crippen LogP contribution in [0.15, 0.2) is 48.5 Å². The van der Waals surface area contributed by atoms with E-state index in [1.807, 2.05) is 38.1 Å². The molecule has 1 heterocycles. The number of carboxylic acids is 1. The van der Waals surface area contributed by atoms with Gasteiger partial charge in [0.2, 0.25) is 5.91 Å². The molecule has 1 fully saturated rings. The molecular formula is C28H34N2O5. The van der Waals surface area contributed by atoms with Crippen LogP contribution in [-0.4, -0.2) is 53.7 Å². The van der Waals surface area contributed by atoms with E-state index in [4.69, 9.17) is 4.74 Å². The van der Waals surface area contributed by atoms with E-state index in [2.05, 4.69) is 29.6 Å². The summed E-state index contributed by atoms with van der Waals surface area (Å²) >= 11 is 0. The van der Waals surface area contributed by atoms with Crippen LogP contribution in [0, 0.1) is 5.41 Å². The van der Waals surface area contributed by atoms with E-state index in [1.165, 1.54) is 11.1 Å². The third kappa shape index (κ3) is 5.04. The van der Waals surface area contributed by atoms with Gasteiger partial charge in [-0.25, -0.2) is 4.79 Å². The molecule has 2 amide bonds. The standard InChI is InChI=1S/C28H34N2O5/c1-3-9-19(16-25(31)30-15-14-28(4-2,18-30)26(32)33)29-27(34)35-17-24-22-12-7-5-10-20(22)21-11-6-8-13-23(21)24/h5-8,10-13,19,24H,3-4,9,14-18H2,1-2H3,(H,29,34)(H,32,33)/t19-,28?/m1/s1. The Morgan fingerprint density at radius 3 is 2.26 bits per heavy atom.